The summed E-state index contributed by atoms with van der Waals surface area (Å²) >= 11 is 5.93. The lowest BCUT2D eigenvalue weighted by atomic mass is 10.0. The van der Waals surface area contributed by atoms with Crippen LogP contribution in [-0.2, 0) is 4.79 Å². The van der Waals surface area contributed by atoms with Gasteiger partial charge in [0.15, 0.2) is 0 Å². The Morgan fingerprint density at radius 3 is 2.62 bits per heavy atom. The maximum Gasteiger partial charge on any atom is 0.337 e. The minimum atomic E-state index is -1.17. The number of ether oxygens (including phenoxy) is 1. The number of hydrogen-bond donors (Lipinski definition) is 1. The van der Waals surface area contributed by atoms with Crippen LogP contribution in [0.5, 0.6) is 5.75 Å². The predicted octanol–water partition coefficient (Wildman–Crippen LogP) is 4.86. The first kappa shape index (κ1) is 20.6. The van der Waals surface area contributed by atoms with Crippen LogP contribution in [0.4, 0.5) is 5.69 Å². The van der Waals surface area contributed by atoms with Gasteiger partial charge in [-0.1, -0.05) is 23.2 Å². The molecule has 1 aliphatic heterocycles. The van der Waals surface area contributed by atoms with Gasteiger partial charge in [-0.25, -0.2) is 4.79 Å². The molecular formula is C22H21ClN2O4. The zero-order valence-electron chi connectivity index (χ0n) is 16.6. The van der Waals surface area contributed by atoms with Crippen LogP contribution >= 0.6 is 11.6 Å². The number of carbonyl (C=O) groups is 2. The van der Waals surface area contributed by atoms with Crippen LogP contribution in [0.2, 0.25) is 5.02 Å². The molecule has 150 valence electrons. The van der Waals surface area contributed by atoms with Crippen LogP contribution in [0.3, 0.4) is 0 Å². The van der Waals surface area contributed by atoms with E-state index in [1.165, 1.54) is 17.1 Å². The number of hydrogen-bond acceptors (Lipinski definition) is 4. The van der Waals surface area contributed by atoms with Crippen LogP contribution in [0.15, 0.2) is 41.0 Å². The van der Waals surface area contributed by atoms with E-state index in [9.17, 15) is 14.7 Å². The van der Waals surface area contributed by atoms with Gasteiger partial charge < -0.3 is 9.84 Å². The number of aromatic carboxylic acids is 1. The van der Waals surface area contributed by atoms with Crippen LogP contribution in [0.25, 0.3) is 6.08 Å². The molecule has 0 spiro atoms. The predicted molar refractivity (Wildman–Crippen MR) is 114 cm³/mol. The molecule has 1 heterocycles. The Morgan fingerprint density at radius 1 is 1.24 bits per heavy atom. The van der Waals surface area contributed by atoms with Gasteiger partial charge in [0.05, 0.1) is 34.2 Å². The second-order valence-electron chi connectivity index (χ2n) is 6.76. The molecule has 1 N–H and O–H groups in total. The average molecular weight is 413 g/mol. The second kappa shape index (κ2) is 8.09. The minimum Gasteiger partial charge on any atom is -0.493 e. The summed E-state index contributed by atoms with van der Waals surface area (Å²) in [6.07, 6.45) is 1.76. The molecule has 0 radical (unpaired) electrons. The maximum absolute atomic E-state index is 13.0. The molecule has 3 rings (SSSR count). The lowest BCUT2D eigenvalue weighted by Crippen LogP contribution is -2.21. The number of anilines is 1. The topological polar surface area (TPSA) is 79.2 Å². The highest BCUT2D eigenvalue weighted by atomic mass is 35.5. The van der Waals surface area contributed by atoms with Gasteiger partial charge >= 0.3 is 5.97 Å². The summed E-state index contributed by atoms with van der Waals surface area (Å²) in [4.78, 5) is 24.4. The Labute approximate surface area is 174 Å². The van der Waals surface area contributed by atoms with E-state index in [0.717, 1.165) is 22.4 Å². The molecule has 0 saturated carbocycles. The molecule has 0 saturated heterocycles. The highest BCUT2D eigenvalue weighted by molar-refractivity contribution is 6.34. The van der Waals surface area contributed by atoms with Crippen molar-refractivity contribution in [3.05, 3.63) is 63.2 Å². The number of amides is 1. The highest BCUT2D eigenvalue weighted by Crippen LogP contribution is 2.32. The van der Waals surface area contributed by atoms with E-state index in [2.05, 4.69) is 5.10 Å². The number of aryl methyl sites for hydroxylation is 2. The SMILES string of the molecule is CCOc1c(C)cc(C)cc1/C=C1\C(=O)N(c2ccc(Cl)c(C(=O)O)c2)N=C1C. The van der Waals surface area contributed by atoms with Gasteiger partial charge in [0.1, 0.15) is 5.75 Å². The molecule has 6 nitrogen and oxygen atoms in total. The fourth-order valence-corrected chi connectivity index (χ4v) is 3.46. The maximum atomic E-state index is 13.0. The largest absolute Gasteiger partial charge is 0.493 e. The van der Waals surface area contributed by atoms with Crippen LogP contribution in [-0.4, -0.2) is 29.3 Å². The summed E-state index contributed by atoms with van der Waals surface area (Å²) in [6.45, 7) is 8.10. The summed E-state index contributed by atoms with van der Waals surface area (Å²) in [7, 11) is 0. The molecule has 1 aliphatic rings. The number of halogens is 1. The number of carbonyl (C=O) groups excluding carboxylic acids is 1. The van der Waals surface area contributed by atoms with E-state index in [0.29, 0.717) is 23.6 Å². The summed E-state index contributed by atoms with van der Waals surface area (Å²) in [5.74, 6) is -0.788. The van der Waals surface area contributed by atoms with Crippen molar-refractivity contribution < 1.29 is 19.4 Å². The minimum absolute atomic E-state index is 0.0878. The van der Waals surface area contributed by atoms with Gasteiger partial charge in [-0.15, -0.1) is 0 Å². The number of nitrogens with zero attached hydrogens (tertiary/aromatic N) is 2. The third kappa shape index (κ3) is 4.03. The zero-order chi connectivity index (χ0) is 21.3. The molecule has 0 bridgehead atoms. The lowest BCUT2D eigenvalue weighted by Gasteiger charge is -2.14. The first-order valence-electron chi connectivity index (χ1n) is 9.11. The number of rotatable bonds is 5. The normalized spacial score (nSPS) is 15.1. The quantitative estimate of drug-likeness (QED) is 0.711. The van der Waals surface area contributed by atoms with E-state index in [4.69, 9.17) is 16.3 Å². The monoisotopic (exact) mass is 412 g/mol. The average Bonchev–Trinajstić information content (AvgIpc) is 2.93. The van der Waals surface area contributed by atoms with Crippen LogP contribution in [0.1, 0.15) is 40.9 Å². The Hall–Kier alpha value is -3.12. The number of benzene rings is 2. The van der Waals surface area contributed by atoms with Crippen molar-refractivity contribution in [2.75, 3.05) is 11.6 Å². The molecule has 2 aromatic carbocycles. The van der Waals surface area contributed by atoms with Crippen molar-refractivity contribution in [2.45, 2.75) is 27.7 Å². The van der Waals surface area contributed by atoms with Gasteiger partial charge in [-0.05, 0) is 63.6 Å². The molecule has 0 atom stereocenters. The Bertz CT molecular complexity index is 1070. The number of carboxylic acids is 1. The van der Waals surface area contributed by atoms with Crippen molar-refractivity contribution in [1.82, 2.24) is 0 Å². The third-order valence-electron chi connectivity index (χ3n) is 4.52. The van der Waals surface area contributed by atoms with Crippen molar-refractivity contribution in [3.8, 4) is 5.75 Å². The summed E-state index contributed by atoms with van der Waals surface area (Å²) in [5, 5.41) is 14.9. The van der Waals surface area contributed by atoms with Crippen LogP contribution in [0, 0.1) is 13.8 Å². The first-order chi connectivity index (χ1) is 13.7. The molecular weight excluding hydrogens is 392 g/mol. The fraction of sp³-hybridized carbons (Fsp3) is 0.227. The Morgan fingerprint density at radius 2 is 1.97 bits per heavy atom. The van der Waals surface area contributed by atoms with Crippen LogP contribution < -0.4 is 9.75 Å². The van der Waals surface area contributed by atoms with Crippen molar-refractivity contribution in [3.63, 3.8) is 0 Å². The standard InChI is InChI=1S/C22H21ClN2O4/c1-5-29-20-13(3)8-12(2)9-15(20)10-17-14(4)24-25(21(17)26)16-6-7-19(23)18(11-16)22(27)28/h6-11H,5H2,1-4H3,(H,27,28)/b17-10-. The Balaban J connectivity index is 2.04. The van der Waals surface area contributed by atoms with Gasteiger partial charge in [-0.2, -0.15) is 10.1 Å². The molecule has 2 aromatic rings. The van der Waals surface area contributed by atoms with Gasteiger partial charge in [0, 0.05) is 5.56 Å². The van der Waals surface area contributed by atoms with E-state index >= 15 is 0 Å². The molecule has 0 unspecified atom stereocenters. The van der Waals surface area contributed by atoms with E-state index in [1.807, 2.05) is 32.9 Å². The molecule has 1 amide bonds. The summed E-state index contributed by atoms with van der Waals surface area (Å²) < 4.78 is 5.78. The van der Waals surface area contributed by atoms with Crippen molar-refractivity contribution in [2.24, 2.45) is 5.10 Å². The molecule has 0 aromatic heterocycles. The fourth-order valence-electron chi connectivity index (χ4n) is 3.26. The van der Waals surface area contributed by atoms with E-state index in [1.54, 1.807) is 19.1 Å². The third-order valence-corrected chi connectivity index (χ3v) is 4.85. The second-order valence-corrected chi connectivity index (χ2v) is 7.17. The van der Waals surface area contributed by atoms with Gasteiger partial charge in [0.2, 0.25) is 0 Å². The number of hydrazone groups is 1. The molecule has 0 fully saturated rings. The summed E-state index contributed by atoms with van der Waals surface area (Å²) in [6, 6.07) is 8.33. The number of carboxylic acid groups (broad SMARTS) is 1. The summed E-state index contributed by atoms with van der Waals surface area (Å²) in [5.41, 5.74) is 4.04. The van der Waals surface area contributed by atoms with Gasteiger partial charge in [-0.3, -0.25) is 4.79 Å². The molecule has 7 heteroatoms. The highest BCUT2D eigenvalue weighted by Gasteiger charge is 2.30. The molecule has 0 aliphatic carbocycles. The molecule has 29 heavy (non-hydrogen) atoms. The van der Waals surface area contributed by atoms with E-state index < -0.39 is 5.97 Å². The van der Waals surface area contributed by atoms with Crippen molar-refractivity contribution in [1.29, 1.82) is 0 Å². The Kier molecular flexibility index (Phi) is 5.75. The zero-order valence-corrected chi connectivity index (χ0v) is 17.4. The first-order valence-corrected chi connectivity index (χ1v) is 9.49. The van der Waals surface area contributed by atoms with E-state index in [-0.39, 0.29) is 16.5 Å². The lowest BCUT2D eigenvalue weighted by molar-refractivity contribution is -0.114. The van der Waals surface area contributed by atoms with Crippen molar-refractivity contribution >= 4 is 41.0 Å². The van der Waals surface area contributed by atoms with Gasteiger partial charge in [0.25, 0.3) is 5.91 Å². The smallest absolute Gasteiger partial charge is 0.337 e.